The van der Waals surface area contributed by atoms with Crippen LogP contribution < -0.4 is 5.32 Å². The Balaban J connectivity index is 2.19. The Morgan fingerprint density at radius 2 is 1.38 bits per heavy atom. The van der Waals surface area contributed by atoms with Crippen LogP contribution in [-0.2, 0) is 14.3 Å². The van der Waals surface area contributed by atoms with Crippen molar-refractivity contribution in [1.82, 2.24) is 0 Å². The van der Waals surface area contributed by atoms with E-state index in [0.717, 1.165) is 38.5 Å². The van der Waals surface area contributed by atoms with E-state index >= 15 is 0 Å². The van der Waals surface area contributed by atoms with E-state index in [2.05, 4.69) is 14.8 Å². The van der Waals surface area contributed by atoms with Crippen LogP contribution in [0.15, 0.2) is 48.6 Å². The first-order valence-corrected chi connectivity index (χ1v) is 8.05. The first-order chi connectivity index (χ1) is 13.7. The lowest BCUT2D eigenvalue weighted by molar-refractivity contribution is -0.111. The first kappa shape index (κ1) is 21.4. The molecule has 29 heavy (non-hydrogen) atoms. The molecule has 2 aromatic carbocycles. The summed E-state index contributed by atoms with van der Waals surface area (Å²) < 4.78 is 35.3. The molecule has 0 bridgehead atoms. The quantitative estimate of drug-likeness (QED) is 0.452. The molecule has 0 aliphatic carbocycles. The van der Waals surface area contributed by atoms with Crippen LogP contribution in [0.2, 0.25) is 0 Å². The lowest BCUT2D eigenvalue weighted by Crippen LogP contribution is -2.12. The Labute approximate surface area is 163 Å². The van der Waals surface area contributed by atoms with Crippen LogP contribution in [-0.4, -0.2) is 37.8 Å². The number of halogens is 2. The number of benzene rings is 2. The largest absolute Gasteiger partial charge is 0.465 e. The van der Waals surface area contributed by atoms with Crippen LogP contribution in [0.3, 0.4) is 0 Å². The van der Waals surface area contributed by atoms with E-state index in [0.29, 0.717) is 6.07 Å². The lowest BCUT2D eigenvalue weighted by Gasteiger charge is -2.08. The Morgan fingerprint density at radius 3 is 1.90 bits per heavy atom. The second-order valence-electron chi connectivity index (χ2n) is 5.60. The second kappa shape index (κ2) is 9.36. The van der Waals surface area contributed by atoms with Crippen molar-refractivity contribution in [3.05, 3.63) is 76.9 Å². The van der Waals surface area contributed by atoms with Gasteiger partial charge in [-0.05, 0) is 42.5 Å². The number of ketones is 1. The predicted molar refractivity (Wildman–Crippen MR) is 97.6 cm³/mol. The van der Waals surface area contributed by atoms with Gasteiger partial charge in [0.1, 0.15) is 0 Å². The Kier molecular flexibility index (Phi) is 6.91. The number of nitrogens with one attached hydrogen (secondary N) is 1. The number of methoxy groups -OCH3 is 2. The van der Waals surface area contributed by atoms with Gasteiger partial charge in [-0.25, -0.2) is 18.4 Å². The van der Waals surface area contributed by atoms with Gasteiger partial charge in [-0.2, -0.15) is 0 Å². The summed E-state index contributed by atoms with van der Waals surface area (Å²) >= 11 is 0. The zero-order valence-corrected chi connectivity index (χ0v) is 15.3. The highest BCUT2D eigenvalue weighted by atomic mass is 19.2. The molecule has 0 heterocycles. The van der Waals surface area contributed by atoms with Gasteiger partial charge in [0.25, 0.3) is 0 Å². The van der Waals surface area contributed by atoms with Crippen molar-refractivity contribution in [2.75, 3.05) is 19.5 Å². The van der Waals surface area contributed by atoms with Gasteiger partial charge in [-0.1, -0.05) is 0 Å². The number of anilines is 1. The highest BCUT2D eigenvalue weighted by Gasteiger charge is 2.15. The molecule has 0 aromatic heterocycles. The number of esters is 2. The van der Waals surface area contributed by atoms with Crippen LogP contribution >= 0.6 is 0 Å². The maximum atomic E-state index is 13.2. The molecule has 0 aliphatic heterocycles. The minimum Gasteiger partial charge on any atom is -0.465 e. The number of carbonyl (C=O) groups excluding carboxylic acids is 4. The fraction of sp³-hybridized carbons (Fsp3) is 0.100. The highest BCUT2D eigenvalue weighted by Crippen LogP contribution is 2.17. The maximum absolute atomic E-state index is 13.2. The Morgan fingerprint density at radius 1 is 0.793 bits per heavy atom. The van der Waals surface area contributed by atoms with E-state index in [1.165, 1.54) is 18.2 Å². The first-order valence-electron chi connectivity index (χ1n) is 8.05. The molecule has 0 spiro atoms. The third-order valence-electron chi connectivity index (χ3n) is 3.63. The van der Waals surface area contributed by atoms with Crippen LogP contribution in [0.1, 0.15) is 31.1 Å². The summed E-state index contributed by atoms with van der Waals surface area (Å²) in [4.78, 5) is 47.5. The summed E-state index contributed by atoms with van der Waals surface area (Å²) in [5.41, 5.74) is -0.0862. The standard InChI is InChI=1S/C20H15F2NO6/c1-28-19(26)12-7-13(20(27)29-2)9-14(8-12)23-18(25)6-5-17(24)11-3-4-15(21)16(22)10-11/h3-10H,1-2H3,(H,23,25)/b6-5+. The minimum atomic E-state index is -1.19. The van der Waals surface area contributed by atoms with Crippen molar-refractivity contribution in [3.8, 4) is 0 Å². The third-order valence-corrected chi connectivity index (χ3v) is 3.63. The van der Waals surface area contributed by atoms with E-state index in [1.54, 1.807) is 0 Å². The number of rotatable bonds is 6. The lowest BCUT2D eigenvalue weighted by atomic mass is 10.1. The van der Waals surface area contributed by atoms with Crippen molar-refractivity contribution in [1.29, 1.82) is 0 Å². The molecule has 0 radical (unpaired) electrons. The summed E-state index contributed by atoms with van der Waals surface area (Å²) in [5.74, 6) is -5.26. The van der Waals surface area contributed by atoms with Crippen molar-refractivity contribution in [3.63, 3.8) is 0 Å². The van der Waals surface area contributed by atoms with Gasteiger partial charge < -0.3 is 14.8 Å². The number of allylic oxidation sites excluding steroid dienone is 1. The summed E-state index contributed by atoms with van der Waals surface area (Å²) in [5, 5.41) is 2.38. The van der Waals surface area contributed by atoms with Crippen LogP contribution in [0.5, 0.6) is 0 Å². The maximum Gasteiger partial charge on any atom is 0.337 e. The average Bonchev–Trinajstić information content (AvgIpc) is 2.72. The fourth-order valence-corrected chi connectivity index (χ4v) is 2.25. The molecule has 150 valence electrons. The van der Waals surface area contributed by atoms with Gasteiger partial charge in [0.2, 0.25) is 5.91 Å². The molecule has 0 saturated heterocycles. The van der Waals surface area contributed by atoms with Crippen LogP contribution in [0, 0.1) is 11.6 Å². The van der Waals surface area contributed by atoms with E-state index in [4.69, 9.17) is 0 Å². The molecule has 0 aliphatic rings. The zero-order chi connectivity index (χ0) is 21.6. The normalized spacial score (nSPS) is 10.5. The zero-order valence-electron chi connectivity index (χ0n) is 15.3. The van der Waals surface area contributed by atoms with Gasteiger partial charge in [0.15, 0.2) is 17.4 Å². The van der Waals surface area contributed by atoms with Crippen molar-refractivity contribution >= 4 is 29.3 Å². The van der Waals surface area contributed by atoms with Gasteiger partial charge in [0, 0.05) is 17.3 Å². The number of hydrogen-bond acceptors (Lipinski definition) is 6. The molecule has 2 rings (SSSR count). The van der Waals surface area contributed by atoms with E-state index in [1.807, 2.05) is 0 Å². The number of hydrogen-bond donors (Lipinski definition) is 1. The summed E-state index contributed by atoms with van der Waals surface area (Å²) in [6, 6.07) is 6.34. The fourth-order valence-electron chi connectivity index (χ4n) is 2.25. The second-order valence-corrected chi connectivity index (χ2v) is 5.60. The predicted octanol–water partition coefficient (Wildman–Crippen LogP) is 2.92. The van der Waals surface area contributed by atoms with E-state index in [-0.39, 0.29) is 22.4 Å². The average molecular weight is 403 g/mol. The molecule has 0 fully saturated rings. The monoisotopic (exact) mass is 403 g/mol. The van der Waals surface area contributed by atoms with Crippen LogP contribution in [0.4, 0.5) is 14.5 Å². The molecular weight excluding hydrogens is 388 g/mol. The Bertz CT molecular complexity index is 982. The summed E-state index contributed by atoms with van der Waals surface area (Å²) in [6.07, 6.45) is 1.74. The molecule has 9 heteroatoms. The Hall–Kier alpha value is -3.88. The van der Waals surface area contributed by atoms with Gasteiger partial charge in [-0.3, -0.25) is 9.59 Å². The van der Waals surface area contributed by atoms with Crippen molar-refractivity contribution in [2.24, 2.45) is 0 Å². The number of amides is 1. The van der Waals surface area contributed by atoms with Crippen LogP contribution in [0.25, 0.3) is 0 Å². The molecule has 1 amide bonds. The van der Waals surface area contributed by atoms with Crippen molar-refractivity contribution in [2.45, 2.75) is 0 Å². The van der Waals surface area contributed by atoms with Gasteiger partial charge in [0.05, 0.1) is 25.3 Å². The number of carbonyl (C=O) groups is 4. The SMILES string of the molecule is COC(=O)c1cc(NC(=O)/C=C/C(=O)c2ccc(F)c(F)c2)cc(C(=O)OC)c1. The molecule has 0 saturated carbocycles. The smallest absolute Gasteiger partial charge is 0.337 e. The summed E-state index contributed by atoms with van der Waals surface area (Å²) in [7, 11) is 2.30. The third kappa shape index (κ3) is 5.55. The molecule has 1 N–H and O–H groups in total. The van der Waals surface area contributed by atoms with Gasteiger partial charge in [-0.15, -0.1) is 0 Å². The van der Waals surface area contributed by atoms with E-state index < -0.39 is 35.3 Å². The molecule has 7 nitrogen and oxygen atoms in total. The topological polar surface area (TPSA) is 98.8 Å². The minimum absolute atomic E-state index is 0.00690. The molecular formula is C20H15F2NO6. The van der Waals surface area contributed by atoms with Gasteiger partial charge >= 0.3 is 11.9 Å². The number of ether oxygens (including phenoxy) is 2. The van der Waals surface area contributed by atoms with E-state index in [9.17, 15) is 28.0 Å². The highest BCUT2D eigenvalue weighted by molar-refractivity contribution is 6.10. The summed E-state index contributed by atoms with van der Waals surface area (Å²) in [6.45, 7) is 0. The molecule has 2 aromatic rings. The molecule has 0 atom stereocenters. The molecule has 0 unspecified atom stereocenters. The van der Waals surface area contributed by atoms with Crippen molar-refractivity contribution < 1.29 is 37.4 Å².